The van der Waals surface area contributed by atoms with Crippen LogP contribution in [-0.2, 0) is 4.79 Å². The van der Waals surface area contributed by atoms with Gasteiger partial charge in [-0.2, -0.15) is 8.78 Å². The van der Waals surface area contributed by atoms with Crippen molar-refractivity contribution in [1.82, 2.24) is 10.6 Å². The smallest absolute Gasteiger partial charge is 0.387 e. The Hall–Kier alpha value is -2.00. The van der Waals surface area contributed by atoms with Crippen molar-refractivity contribution in [2.45, 2.75) is 32.5 Å². The average molecular weight is 447 g/mol. The van der Waals surface area contributed by atoms with E-state index in [4.69, 9.17) is 0 Å². The van der Waals surface area contributed by atoms with E-state index in [1.165, 1.54) is 23.5 Å². The molecule has 2 rings (SSSR count). The van der Waals surface area contributed by atoms with Crippen LogP contribution in [0.4, 0.5) is 8.78 Å². The number of hydrogen-bond acceptors (Lipinski definition) is 4. The van der Waals surface area contributed by atoms with Gasteiger partial charge in [-0.25, -0.2) is 0 Å². The van der Waals surface area contributed by atoms with Crippen molar-refractivity contribution in [2.24, 2.45) is 0 Å². The van der Waals surface area contributed by atoms with Crippen molar-refractivity contribution in [2.75, 3.05) is 0 Å². The first-order valence-electron chi connectivity index (χ1n) is 7.67. The zero-order chi connectivity index (χ0) is 19.3. The Morgan fingerprint density at radius 1 is 1.15 bits per heavy atom. The second-order valence-electron chi connectivity index (χ2n) is 5.48. The van der Waals surface area contributed by atoms with Crippen LogP contribution in [0.1, 0.15) is 35.1 Å². The van der Waals surface area contributed by atoms with E-state index in [0.29, 0.717) is 10.4 Å². The topological polar surface area (TPSA) is 67.4 Å². The van der Waals surface area contributed by atoms with E-state index in [-0.39, 0.29) is 17.6 Å². The summed E-state index contributed by atoms with van der Waals surface area (Å²) in [5, 5.41) is 5.35. The minimum atomic E-state index is -2.91. The fourth-order valence-electron chi connectivity index (χ4n) is 2.15. The molecular formula is C17H17BrF2N2O3S. The maximum Gasteiger partial charge on any atom is 0.387 e. The molecule has 0 saturated carbocycles. The third-order valence-electron chi connectivity index (χ3n) is 3.48. The summed E-state index contributed by atoms with van der Waals surface area (Å²) in [6.45, 7) is 0.367. The fourth-order valence-corrected chi connectivity index (χ4v) is 3.44. The molecular weight excluding hydrogens is 430 g/mol. The highest BCUT2D eigenvalue weighted by Gasteiger charge is 2.20. The van der Waals surface area contributed by atoms with E-state index in [0.717, 1.165) is 3.79 Å². The number of halogens is 3. The van der Waals surface area contributed by atoms with Crippen LogP contribution in [0.15, 0.2) is 40.2 Å². The van der Waals surface area contributed by atoms with Crippen LogP contribution >= 0.6 is 27.3 Å². The molecule has 2 aromatic rings. The van der Waals surface area contributed by atoms with Gasteiger partial charge in [-0.15, -0.1) is 11.3 Å². The maximum absolute atomic E-state index is 12.3. The molecule has 2 amide bonds. The van der Waals surface area contributed by atoms with Crippen LogP contribution in [0, 0.1) is 0 Å². The Kier molecular flexibility index (Phi) is 7.10. The van der Waals surface area contributed by atoms with Crippen molar-refractivity contribution < 1.29 is 23.1 Å². The average Bonchev–Trinajstić information content (AvgIpc) is 3.01. The van der Waals surface area contributed by atoms with Crippen LogP contribution in [0.3, 0.4) is 0 Å². The molecule has 1 aromatic carbocycles. The predicted octanol–water partition coefficient (Wildman–Crippen LogP) is 4.11. The first-order valence-corrected chi connectivity index (χ1v) is 9.28. The number of ether oxygens (including phenoxy) is 1. The molecule has 140 valence electrons. The molecule has 0 radical (unpaired) electrons. The van der Waals surface area contributed by atoms with Gasteiger partial charge >= 0.3 is 6.61 Å². The summed E-state index contributed by atoms with van der Waals surface area (Å²) in [6, 6.07) is 8.30. The molecule has 1 aromatic heterocycles. The second-order valence-corrected chi connectivity index (χ2v) is 7.94. The summed E-state index contributed by atoms with van der Waals surface area (Å²) in [4.78, 5) is 24.9. The SMILES string of the molecule is CC(NC(=O)c1ccc(Br)s1)C(=O)NC(C)c1cccc(OC(F)F)c1. The number of hydrogen-bond donors (Lipinski definition) is 2. The van der Waals surface area contributed by atoms with Crippen molar-refractivity contribution in [3.05, 3.63) is 50.6 Å². The first-order chi connectivity index (χ1) is 12.3. The van der Waals surface area contributed by atoms with E-state index in [1.807, 2.05) is 0 Å². The summed E-state index contributed by atoms with van der Waals surface area (Å²) < 4.78 is 29.8. The first kappa shape index (κ1) is 20.3. The van der Waals surface area contributed by atoms with Crippen LogP contribution < -0.4 is 15.4 Å². The van der Waals surface area contributed by atoms with Crippen LogP contribution in [0.2, 0.25) is 0 Å². The number of amides is 2. The van der Waals surface area contributed by atoms with Gasteiger partial charge < -0.3 is 15.4 Å². The molecule has 2 unspecified atom stereocenters. The standard InChI is InChI=1S/C17H17BrF2N2O3S/c1-9(11-4-3-5-12(8-11)25-17(19)20)21-15(23)10(2)22-16(24)13-6-7-14(18)26-13/h3-10,17H,1-2H3,(H,21,23)(H,22,24). The van der Waals surface area contributed by atoms with Crippen LogP contribution in [0.25, 0.3) is 0 Å². The normalized spacial score (nSPS) is 13.2. The van der Waals surface area contributed by atoms with Gasteiger partial charge in [0, 0.05) is 0 Å². The Bertz CT molecular complexity index is 785. The zero-order valence-electron chi connectivity index (χ0n) is 14.0. The number of carbonyl (C=O) groups excluding carboxylic acids is 2. The summed E-state index contributed by atoms with van der Waals surface area (Å²) >= 11 is 4.54. The van der Waals surface area contributed by atoms with Crippen molar-refractivity contribution in [3.8, 4) is 5.75 Å². The van der Waals surface area contributed by atoms with Crippen molar-refractivity contribution in [1.29, 1.82) is 0 Å². The molecule has 1 heterocycles. The predicted molar refractivity (Wildman–Crippen MR) is 98.6 cm³/mol. The van der Waals surface area contributed by atoms with Gasteiger partial charge in [0.15, 0.2) is 0 Å². The number of thiophene rings is 1. The largest absolute Gasteiger partial charge is 0.435 e. The lowest BCUT2D eigenvalue weighted by Crippen LogP contribution is -2.45. The molecule has 0 aliphatic rings. The monoisotopic (exact) mass is 446 g/mol. The number of benzene rings is 1. The van der Waals surface area contributed by atoms with E-state index < -0.39 is 18.7 Å². The maximum atomic E-state index is 12.3. The van der Waals surface area contributed by atoms with Crippen LogP contribution in [0.5, 0.6) is 5.75 Å². The summed E-state index contributed by atoms with van der Waals surface area (Å²) in [6.07, 6.45) is 0. The lowest BCUT2D eigenvalue weighted by atomic mass is 10.1. The second kappa shape index (κ2) is 9.09. The molecule has 0 aliphatic heterocycles. The van der Waals surface area contributed by atoms with E-state index in [2.05, 4.69) is 31.3 Å². The molecule has 0 spiro atoms. The third-order valence-corrected chi connectivity index (χ3v) is 5.10. The molecule has 0 saturated heterocycles. The molecule has 0 bridgehead atoms. The van der Waals surface area contributed by atoms with Gasteiger partial charge in [0.2, 0.25) is 5.91 Å². The Morgan fingerprint density at radius 2 is 1.88 bits per heavy atom. The highest BCUT2D eigenvalue weighted by Crippen LogP contribution is 2.22. The third kappa shape index (κ3) is 5.77. The highest BCUT2D eigenvalue weighted by atomic mass is 79.9. The molecule has 0 fully saturated rings. The minimum absolute atomic E-state index is 0.0169. The fraction of sp³-hybridized carbons (Fsp3) is 0.294. The number of nitrogens with one attached hydrogen (secondary N) is 2. The zero-order valence-corrected chi connectivity index (χ0v) is 16.4. The molecule has 2 atom stereocenters. The van der Waals surface area contributed by atoms with E-state index in [9.17, 15) is 18.4 Å². The number of alkyl halides is 2. The summed E-state index contributed by atoms with van der Waals surface area (Å²) in [5.41, 5.74) is 0.609. The van der Waals surface area contributed by atoms with Crippen molar-refractivity contribution in [3.63, 3.8) is 0 Å². The molecule has 5 nitrogen and oxygen atoms in total. The Balaban J connectivity index is 1.94. The summed E-state index contributed by atoms with van der Waals surface area (Å²) in [5.74, 6) is -0.715. The van der Waals surface area contributed by atoms with Gasteiger partial charge in [-0.3, -0.25) is 9.59 Å². The van der Waals surface area contributed by atoms with Crippen LogP contribution in [-0.4, -0.2) is 24.5 Å². The molecule has 26 heavy (non-hydrogen) atoms. The highest BCUT2D eigenvalue weighted by molar-refractivity contribution is 9.11. The molecule has 0 aliphatic carbocycles. The van der Waals surface area contributed by atoms with Gasteiger partial charge in [-0.1, -0.05) is 12.1 Å². The van der Waals surface area contributed by atoms with Gasteiger partial charge in [-0.05, 0) is 59.6 Å². The van der Waals surface area contributed by atoms with Gasteiger partial charge in [0.25, 0.3) is 5.91 Å². The Morgan fingerprint density at radius 3 is 2.50 bits per heavy atom. The van der Waals surface area contributed by atoms with E-state index in [1.54, 1.807) is 38.1 Å². The van der Waals surface area contributed by atoms with Gasteiger partial charge in [0.05, 0.1) is 14.7 Å². The number of carbonyl (C=O) groups is 2. The lowest BCUT2D eigenvalue weighted by molar-refractivity contribution is -0.123. The van der Waals surface area contributed by atoms with E-state index >= 15 is 0 Å². The molecule has 2 N–H and O–H groups in total. The number of rotatable bonds is 7. The Labute approximate surface area is 161 Å². The lowest BCUT2D eigenvalue weighted by Gasteiger charge is -2.19. The molecule has 9 heteroatoms. The van der Waals surface area contributed by atoms with Gasteiger partial charge in [0.1, 0.15) is 11.8 Å². The minimum Gasteiger partial charge on any atom is -0.435 e. The van der Waals surface area contributed by atoms with Crippen molar-refractivity contribution >= 4 is 39.1 Å². The quantitative estimate of drug-likeness (QED) is 0.672. The summed E-state index contributed by atoms with van der Waals surface area (Å²) in [7, 11) is 0.